The van der Waals surface area contributed by atoms with Crippen molar-refractivity contribution in [3.63, 3.8) is 0 Å². The number of carbonyl (C=O) groups excluding carboxylic acids is 1. The van der Waals surface area contributed by atoms with Gasteiger partial charge in [-0.3, -0.25) is 9.48 Å². The van der Waals surface area contributed by atoms with Crippen LogP contribution >= 0.6 is 0 Å². The van der Waals surface area contributed by atoms with Crippen LogP contribution < -0.4 is 5.32 Å². The minimum atomic E-state index is -0.461. The van der Waals surface area contributed by atoms with Crippen molar-refractivity contribution in [3.8, 4) is 0 Å². The number of aryl methyl sites for hydroxylation is 3. The van der Waals surface area contributed by atoms with Crippen molar-refractivity contribution in [2.45, 2.75) is 34.2 Å². The number of furan rings is 1. The fourth-order valence-electron chi connectivity index (χ4n) is 2.99. The lowest BCUT2D eigenvalue weighted by atomic mass is 10.1. The molecule has 1 unspecified atom stereocenters. The summed E-state index contributed by atoms with van der Waals surface area (Å²) in [5, 5.41) is 7.93. The Morgan fingerprint density at radius 1 is 1.36 bits per heavy atom. The molecule has 0 aliphatic heterocycles. The smallest absolute Gasteiger partial charge is 0.287 e. The third kappa shape index (κ3) is 3.43. The van der Waals surface area contributed by atoms with Gasteiger partial charge in [0.25, 0.3) is 5.91 Å². The summed E-state index contributed by atoms with van der Waals surface area (Å²) in [7, 11) is 0. The molecule has 0 saturated carbocycles. The fraction of sp³-hybridized carbons (Fsp3) is 0.368. The first-order valence-corrected chi connectivity index (χ1v) is 8.33. The van der Waals surface area contributed by atoms with Crippen molar-refractivity contribution in [2.75, 3.05) is 6.54 Å². The summed E-state index contributed by atoms with van der Waals surface area (Å²) in [4.78, 5) is 12.4. The van der Waals surface area contributed by atoms with Gasteiger partial charge in [0.1, 0.15) is 0 Å². The highest BCUT2D eigenvalue weighted by molar-refractivity contribution is 5.98. The van der Waals surface area contributed by atoms with Gasteiger partial charge in [0.2, 0.25) is 0 Å². The van der Waals surface area contributed by atoms with E-state index in [9.17, 15) is 9.18 Å². The van der Waals surface area contributed by atoms with Crippen molar-refractivity contribution >= 4 is 16.9 Å². The van der Waals surface area contributed by atoms with Crippen LogP contribution in [0.4, 0.5) is 4.39 Å². The largest absolute Gasteiger partial charge is 0.448 e. The first kappa shape index (κ1) is 17.2. The van der Waals surface area contributed by atoms with E-state index in [2.05, 4.69) is 10.4 Å². The van der Waals surface area contributed by atoms with Crippen LogP contribution in [0, 0.1) is 32.5 Å². The number of amides is 1. The van der Waals surface area contributed by atoms with Crippen LogP contribution in [-0.2, 0) is 6.54 Å². The molecule has 1 aromatic carbocycles. The molecule has 0 fully saturated rings. The average Bonchev–Trinajstić information content (AvgIpc) is 3.06. The first-order chi connectivity index (χ1) is 11.9. The van der Waals surface area contributed by atoms with Crippen molar-refractivity contribution in [2.24, 2.45) is 5.92 Å². The van der Waals surface area contributed by atoms with Gasteiger partial charge in [-0.25, -0.2) is 4.39 Å². The van der Waals surface area contributed by atoms with Gasteiger partial charge in [0.05, 0.1) is 5.69 Å². The van der Waals surface area contributed by atoms with E-state index >= 15 is 0 Å². The normalized spacial score (nSPS) is 12.5. The number of benzene rings is 1. The maximum atomic E-state index is 13.8. The predicted octanol–water partition coefficient (Wildman–Crippen LogP) is 3.76. The van der Waals surface area contributed by atoms with Crippen LogP contribution in [0.5, 0.6) is 0 Å². The van der Waals surface area contributed by atoms with Crippen molar-refractivity contribution in [1.29, 1.82) is 0 Å². The molecule has 132 valence electrons. The average molecular weight is 343 g/mol. The molecule has 5 nitrogen and oxygen atoms in total. The summed E-state index contributed by atoms with van der Waals surface area (Å²) in [5.41, 5.74) is 2.85. The van der Waals surface area contributed by atoms with E-state index in [0.29, 0.717) is 24.0 Å². The number of nitrogens with one attached hydrogen (secondary N) is 1. The molecule has 0 aliphatic rings. The number of fused-ring (bicyclic) bond motifs is 1. The Hall–Kier alpha value is -2.63. The summed E-state index contributed by atoms with van der Waals surface area (Å²) < 4.78 is 21.2. The van der Waals surface area contributed by atoms with E-state index in [-0.39, 0.29) is 23.2 Å². The van der Waals surface area contributed by atoms with Gasteiger partial charge < -0.3 is 9.73 Å². The predicted molar refractivity (Wildman–Crippen MR) is 94.1 cm³/mol. The molecule has 0 spiro atoms. The Morgan fingerprint density at radius 3 is 2.76 bits per heavy atom. The van der Waals surface area contributed by atoms with E-state index in [0.717, 1.165) is 11.4 Å². The van der Waals surface area contributed by atoms with Gasteiger partial charge in [-0.1, -0.05) is 19.1 Å². The molecule has 25 heavy (non-hydrogen) atoms. The minimum Gasteiger partial charge on any atom is -0.448 e. The van der Waals surface area contributed by atoms with Crippen LogP contribution in [0.15, 0.2) is 28.7 Å². The Kier molecular flexibility index (Phi) is 4.61. The number of halogens is 1. The molecule has 0 aliphatic carbocycles. The quantitative estimate of drug-likeness (QED) is 0.767. The number of hydrogen-bond donors (Lipinski definition) is 1. The number of nitrogens with zero attached hydrogens (tertiary/aromatic N) is 2. The molecule has 3 rings (SSSR count). The van der Waals surface area contributed by atoms with Crippen LogP contribution in [0.25, 0.3) is 11.0 Å². The van der Waals surface area contributed by atoms with Gasteiger partial charge in [-0.05, 0) is 38.8 Å². The number of rotatable bonds is 5. The topological polar surface area (TPSA) is 60.1 Å². The summed E-state index contributed by atoms with van der Waals surface area (Å²) in [6.45, 7) is 8.97. The third-order valence-electron chi connectivity index (χ3n) is 4.32. The Balaban J connectivity index is 1.67. The highest BCUT2D eigenvalue weighted by Gasteiger charge is 2.20. The standard InChI is InChI=1S/C19H22FN3O2/c1-11(10-23-13(3)8-12(2)22-23)9-21-19(24)17-14(4)15-6-5-7-16(20)18(15)25-17/h5-8,11H,9-10H2,1-4H3,(H,21,24). The lowest BCUT2D eigenvalue weighted by Gasteiger charge is -2.13. The molecule has 0 radical (unpaired) electrons. The minimum absolute atomic E-state index is 0.126. The zero-order valence-electron chi connectivity index (χ0n) is 14.9. The summed E-state index contributed by atoms with van der Waals surface area (Å²) in [6.07, 6.45) is 0. The number of para-hydroxylation sites is 1. The van der Waals surface area contributed by atoms with Gasteiger partial charge in [-0.15, -0.1) is 0 Å². The lowest BCUT2D eigenvalue weighted by Crippen LogP contribution is -2.30. The molecule has 6 heteroatoms. The van der Waals surface area contributed by atoms with Crippen LogP contribution in [0.3, 0.4) is 0 Å². The molecule has 1 atom stereocenters. The monoisotopic (exact) mass is 343 g/mol. The number of carbonyl (C=O) groups is 1. The highest BCUT2D eigenvalue weighted by Crippen LogP contribution is 2.27. The second kappa shape index (κ2) is 6.70. The third-order valence-corrected chi connectivity index (χ3v) is 4.32. The van der Waals surface area contributed by atoms with E-state index in [1.54, 1.807) is 19.1 Å². The maximum Gasteiger partial charge on any atom is 0.287 e. The second-order valence-electron chi connectivity index (χ2n) is 6.60. The van der Waals surface area contributed by atoms with Gasteiger partial charge >= 0.3 is 0 Å². The zero-order valence-corrected chi connectivity index (χ0v) is 14.9. The fourth-order valence-corrected chi connectivity index (χ4v) is 2.99. The molecule has 1 N–H and O–H groups in total. The molecule has 2 aromatic heterocycles. The Labute approximate surface area is 145 Å². The van der Waals surface area contributed by atoms with Crippen LogP contribution in [0.1, 0.15) is 34.4 Å². The molecule has 1 amide bonds. The Bertz CT molecular complexity index is 926. The summed E-state index contributed by atoms with van der Waals surface area (Å²) in [6, 6.07) is 6.71. The first-order valence-electron chi connectivity index (χ1n) is 8.33. The molecular formula is C19H22FN3O2. The molecular weight excluding hydrogens is 321 g/mol. The van der Waals surface area contributed by atoms with E-state index in [4.69, 9.17) is 4.42 Å². The SMILES string of the molecule is Cc1cc(C)n(CC(C)CNC(=O)c2oc3c(F)cccc3c2C)n1. The van der Waals surface area contributed by atoms with Crippen molar-refractivity contribution < 1.29 is 13.6 Å². The second-order valence-corrected chi connectivity index (χ2v) is 6.60. The summed E-state index contributed by atoms with van der Waals surface area (Å²) in [5.74, 6) is -0.423. The number of aromatic nitrogens is 2. The zero-order chi connectivity index (χ0) is 18.1. The maximum absolute atomic E-state index is 13.8. The van der Waals surface area contributed by atoms with E-state index < -0.39 is 5.82 Å². The van der Waals surface area contributed by atoms with E-state index in [1.165, 1.54) is 6.07 Å². The summed E-state index contributed by atoms with van der Waals surface area (Å²) >= 11 is 0. The van der Waals surface area contributed by atoms with E-state index in [1.807, 2.05) is 31.5 Å². The van der Waals surface area contributed by atoms with Crippen LogP contribution in [-0.4, -0.2) is 22.2 Å². The van der Waals surface area contributed by atoms with Crippen molar-refractivity contribution in [3.05, 3.63) is 52.8 Å². The Morgan fingerprint density at radius 2 is 2.12 bits per heavy atom. The highest BCUT2D eigenvalue weighted by atomic mass is 19.1. The lowest BCUT2D eigenvalue weighted by molar-refractivity contribution is 0.0920. The number of hydrogen-bond acceptors (Lipinski definition) is 3. The van der Waals surface area contributed by atoms with Crippen LogP contribution in [0.2, 0.25) is 0 Å². The van der Waals surface area contributed by atoms with Gasteiger partial charge in [0.15, 0.2) is 17.2 Å². The molecule has 2 heterocycles. The van der Waals surface area contributed by atoms with Crippen molar-refractivity contribution in [1.82, 2.24) is 15.1 Å². The van der Waals surface area contributed by atoms with Gasteiger partial charge in [0, 0.05) is 29.7 Å². The molecule has 3 aromatic rings. The van der Waals surface area contributed by atoms with Gasteiger partial charge in [-0.2, -0.15) is 5.10 Å². The molecule has 0 bridgehead atoms. The molecule has 0 saturated heterocycles.